The van der Waals surface area contributed by atoms with Gasteiger partial charge in [-0.25, -0.2) is 0 Å². The molecule has 0 bridgehead atoms. The normalized spacial score (nSPS) is 30.2. The van der Waals surface area contributed by atoms with Crippen molar-refractivity contribution < 1.29 is 9.59 Å². The highest BCUT2D eigenvalue weighted by Crippen LogP contribution is 2.60. The van der Waals surface area contributed by atoms with Crippen LogP contribution in [0.3, 0.4) is 0 Å². The summed E-state index contributed by atoms with van der Waals surface area (Å²) in [6.07, 6.45) is 4.02. The van der Waals surface area contributed by atoms with E-state index in [9.17, 15) is 9.59 Å². The van der Waals surface area contributed by atoms with E-state index in [1.165, 1.54) is 6.42 Å². The summed E-state index contributed by atoms with van der Waals surface area (Å²) >= 11 is 3.46. The predicted molar refractivity (Wildman–Crippen MR) is 83.0 cm³/mol. The third-order valence-corrected chi connectivity index (χ3v) is 5.54. The summed E-state index contributed by atoms with van der Waals surface area (Å²) in [5.41, 5.74) is 1.24. The molecule has 2 heterocycles. The minimum Gasteiger partial charge on any atom is -0.342 e. The lowest BCUT2D eigenvalue weighted by Gasteiger charge is -2.27. The van der Waals surface area contributed by atoms with Gasteiger partial charge in [0.25, 0.3) is 0 Å². The average molecular weight is 349 g/mol. The molecular formula is C16H17BrN2O2. The van der Waals surface area contributed by atoms with Crippen LogP contribution in [-0.2, 0) is 15.0 Å². The van der Waals surface area contributed by atoms with Crippen LogP contribution in [0, 0.1) is 5.92 Å². The molecule has 5 heteroatoms. The van der Waals surface area contributed by atoms with Gasteiger partial charge in [-0.3, -0.25) is 9.59 Å². The predicted octanol–water partition coefficient (Wildman–Crippen LogP) is 2.67. The van der Waals surface area contributed by atoms with E-state index in [-0.39, 0.29) is 17.7 Å². The monoisotopic (exact) mass is 348 g/mol. The van der Waals surface area contributed by atoms with Gasteiger partial charge in [0.2, 0.25) is 11.8 Å². The van der Waals surface area contributed by atoms with E-state index >= 15 is 0 Å². The van der Waals surface area contributed by atoms with Crippen LogP contribution in [0.5, 0.6) is 0 Å². The van der Waals surface area contributed by atoms with Gasteiger partial charge in [0, 0.05) is 23.2 Å². The van der Waals surface area contributed by atoms with E-state index < -0.39 is 5.41 Å². The number of anilines is 1. The van der Waals surface area contributed by atoms with E-state index in [0.717, 1.165) is 41.7 Å². The van der Waals surface area contributed by atoms with Gasteiger partial charge in [-0.1, -0.05) is 15.9 Å². The van der Waals surface area contributed by atoms with Crippen LogP contribution in [0.2, 0.25) is 0 Å². The van der Waals surface area contributed by atoms with Gasteiger partial charge >= 0.3 is 0 Å². The topological polar surface area (TPSA) is 49.4 Å². The number of hydrogen-bond acceptors (Lipinski definition) is 2. The van der Waals surface area contributed by atoms with Crippen molar-refractivity contribution >= 4 is 33.4 Å². The number of nitrogens with zero attached hydrogens (tertiary/aromatic N) is 1. The van der Waals surface area contributed by atoms with Crippen molar-refractivity contribution in [3.05, 3.63) is 28.2 Å². The highest BCUT2D eigenvalue weighted by molar-refractivity contribution is 9.10. The summed E-state index contributed by atoms with van der Waals surface area (Å²) in [5.74, 6) is -0.0187. The standard InChI is InChI=1S/C16H17BrN2O2/c17-10-4-5-13-11(8-10)16(15(21)18-13)9-12(16)14(20)19-6-2-1-3-7-19/h4-5,8,12H,1-3,6-7,9H2,(H,18,21). The van der Waals surface area contributed by atoms with Gasteiger partial charge in [0.15, 0.2) is 0 Å². The van der Waals surface area contributed by atoms with Gasteiger partial charge in [-0.15, -0.1) is 0 Å². The Kier molecular flexibility index (Phi) is 2.89. The van der Waals surface area contributed by atoms with Gasteiger partial charge in [0.05, 0.1) is 11.3 Å². The van der Waals surface area contributed by atoms with Crippen molar-refractivity contribution in [2.75, 3.05) is 18.4 Å². The molecule has 2 atom stereocenters. The molecule has 1 N–H and O–H groups in total. The minimum absolute atomic E-state index is 0.00837. The van der Waals surface area contributed by atoms with Crippen LogP contribution in [0.25, 0.3) is 0 Å². The third kappa shape index (κ3) is 1.86. The Balaban J connectivity index is 1.64. The van der Waals surface area contributed by atoms with Crippen molar-refractivity contribution in [3.63, 3.8) is 0 Å². The molecular weight excluding hydrogens is 332 g/mol. The first-order chi connectivity index (χ1) is 10.1. The Hall–Kier alpha value is -1.36. The number of nitrogens with one attached hydrogen (secondary N) is 1. The number of amides is 2. The summed E-state index contributed by atoms with van der Waals surface area (Å²) in [7, 11) is 0. The van der Waals surface area contributed by atoms with Crippen LogP contribution in [-0.4, -0.2) is 29.8 Å². The molecule has 1 aromatic rings. The SMILES string of the molecule is O=C(C1CC12C(=O)Nc1ccc(Br)cc12)N1CCCCC1. The molecule has 0 radical (unpaired) electrons. The van der Waals surface area contributed by atoms with E-state index in [1.54, 1.807) is 0 Å². The molecule has 2 unspecified atom stereocenters. The molecule has 2 aliphatic heterocycles. The molecule has 2 amide bonds. The lowest BCUT2D eigenvalue weighted by atomic mass is 9.94. The smallest absolute Gasteiger partial charge is 0.235 e. The van der Waals surface area contributed by atoms with Crippen LogP contribution in [0.1, 0.15) is 31.2 Å². The lowest BCUT2D eigenvalue weighted by molar-refractivity contribution is -0.135. The molecule has 1 saturated carbocycles. The summed E-state index contributed by atoms with van der Waals surface area (Å²) in [5, 5.41) is 2.93. The van der Waals surface area contributed by atoms with E-state index in [0.29, 0.717) is 6.42 Å². The third-order valence-electron chi connectivity index (χ3n) is 5.04. The number of carbonyl (C=O) groups is 2. The molecule has 1 aliphatic carbocycles. The minimum atomic E-state index is -0.604. The summed E-state index contributed by atoms with van der Waals surface area (Å²) < 4.78 is 0.952. The van der Waals surface area contributed by atoms with Gasteiger partial charge in [-0.05, 0) is 49.4 Å². The quantitative estimate of drug-likeness (QED) is 0.848. The molecule has 1 spiro atoms. The maximum Gasteiger partial charge on any atom is 0.235 e. The first-order valence-corrected chi connectivity index (χ1v) is 8.32. The fraction of sp³-hybridized carbons (Fsp3) is 0.500. The molecule has 3 aliphatic rings. The maximum absolute atomic E-state index is 12.7. The second-order valence-corrected chi connectivity index (χ2v) is 7.17. The Labute approximate surface area is 132 Å². The van der Waals surface area contributed by atoms with Crippen LogP contribution in [0.15, 0.2) is 22.7 Å². The second-order valence-electron chi connectivity index (χ2n) is 6.26. The number of piperidine rings is 1. The van der Waals surface area contributed by atoms with Crippen LogP contribution >= 0.6 is 15.9 Å². The fourth-order valence-corrected chi connectivity index (χ4v) is 4.16. The molecule has 21 heavy (non-hydrogen) atoms. The first-order valence-electron chi connectivity index (χ1n) is 7.53. The zero-order chi connectivity index (χ0) is 14.6. The Morgan fingerprint density at radius 3 is 2.81 bits per heavy atom. The number of rotatable bonds is 1. The molecule has 110 valence electrons. The van der Waals surface area contributed by atoms with Gasteiger partial charge in [-0.2, -0.15) is 0 Å². The number of fused-ring (bicyclic) bond motifs is 2. The zero-order valence-electron chi connectivity index (χ0n) is 11.7. The first kappa shape index (κ1) is 13.3. The number of halogens is 1. The van der Waals surface area contributed by atoms with E-state index in [1.807, 2.05) is 23.1 Å². The average Bonchev–Trinajstić information content (AvgIpc) is 3.19. The molecule has 2 fully saturated rings. The number of likely N-dealkylation sites (tertiary alicyclic amines) is 1. The van der Waals surface area contributed by atoms with E-state index in [4.69, 9.17) is 0 Å². The second kappa shape index (κ2) is 4.57. The Morgan fingerprint density at radius 1 is 1.29 bits per heavy atom. The highest BCUT2D eigenvalue weighted by Gasteiger charge is 2.68. The summed E-state index contributed by atoms with van der Waals surface area (Å²) in [4.78, 5) is 27.1. The Bertz CT molecular complexity index is 639. The van der Waals surface area contributed by atoms with Crippen molar-refractivity contribution in [3.8, 4) is 0 Å². The maximum atomic E-state index is 12.7. The summed E-state index contributed by atoms with van der Waals surface area (Å²) in [6, 6.07) is 5.81. The van der Waals surface area contributed by atoms with Crippen molar-refractivity contribution in [1.82, 2.24) is 4.90 Å². The van der Waals surface area contributed by atoms with E-state index in [2.05, 4.69) is 21.2 Å². The van der Waals surface area contributed by atoms with Crippen molar-refractivity contribution in [2.24, 2.45) is 5.92 Å². The number of carbonyl (C=O) groups excluding carboxylic acids is 2. The Morgan fingerprint density at radius 2 is 2.05 bits per heavy atom. The number of benzene rings is 1. The lowest BCUT2D eigenvalue weighted by Crippen LogP contribution is -2.39. The fourth-order valence-electron chi connectivity index (χ4n) is 3.80. The molecule has 1 aromatic carbocycles. The van der Waals surface area contributed by atoms with Crippen LogP contribution in [0.4, 0.5) is 5.69 Å². The zero-order valence-corrected chi connectivity index (χ0v) is 13.3. The summed E-state index contributed by atoms with van der Waals surface area (Å²) in [6.45, 7) is 1.69. The molecule has 4 nitrogen and oxygen atoms in total. The van der Waals surface area contributed by atoms with Crippen molar-refractivity contribution in [1.29, 1.82) is 0 Å². The van der Waals surface area contributed by atoms with Crippen molar-refractivity contribution in [2.45, 2.75) is 31.1 Å². The molecule has 0 aromatic heterocycles. The van der Waals surface area contributed by atoms with Gasteiger partial charge in [0.1, 0.15) is 0 Å². The highest BCUT2D eigenvalue weighted by atomic mass is 79.9. The van der Waals surface area contributed by atoms with Crippen LogP contribution < -0.4 is 5.32 Å². The number of hydrogen-bond donors (Lipinski definition) is 1. The molecule has 4 rings (SSSR count). The molecule has 1 saturated heterocycles. The largest absolute Gasteiger partial charge is 0.342 e. The van der Waals surface area contributed by atoms with Gasteiger partial charge < -0.3 is 10.2 Å².